The lowest BCUT2D eigenvalue weighted by molar-refractivity contribution is -0.150. The van der Waals surface area contributed by atoms with Crippen LogP contribution in [0.25, 0.3) is 0 Å². The molecule has 2 aliphatic heterocycles. The summed E-state index contributed by atoms with van der Waals surface area (Å²) in [4.78, 5) is 47.2. The fraction of sp³-hybridized carbons (Fsp3) is 0.308. The zero-order chi connectivity index (χ0) is 18.0. The van der Waals surface area contributed by atoms with Gasteiger partial charge >= 0.3 is 5.97 Å². The molecule has 1 saturated heterocycles. The van der Waals surface area contributed by atoms with E-state index in [1.807, 2.05) is 0 Å². The lowest BCUT2D eigenvalue weighted by Crippen LogP contribution is -2.70. The number of amides is 2. The smallest absolute Gasteiger partial charge is 0.352 e. The molecule has 24 heavy (non-hydrogen) atoms. The normalized spacial score (nSPS) is 23.7. The maximum atomic E-state index is 12.2. The Morgan fingerprint density at radius 3 is 2.67 bits per heavy atom. The van der Waals surface area contributed by atoms with E-state index in [1.165, 1.54) is 17.8 Å². The summed E-state index contributed by atoms with van der Waals surface area (Å²) in [6.45, 7) is 3.52. The van der Waals surface area contributed by atoms with Crippen molar-refractivity contribution in [2.75, 3.05) is 11.6 Å². The van der Waals surface area contributed by atoms with Crippen molar-refractivity contribution in [1.82, 2.24) is 10.2 Å². The number of aliphatic carboxylic acids is 1. The van der Waals surface area contributed by atoms with Gasteiger partial charge in [-0.25, -0.2) is 4.79 Å². The van der Waals surface area contributed by atoms with E-state index in [9.17, 15) is 29.5 Å². The van der Waals surface area contributed by atoms with Gasteiger partial charge in [-0.1, -0.05) is 12.7 Å². The molecule has 0 bridgehead atoms. The fourth-order valence-electron chi connectivity index (χ4n) is 2.30. The molecule has 0 saturated carbocycles. The van der Waals surface area contributed by atoms with Gasteiger partial charge in [0.2, 0.25) is 5.70 Å². The van der Waals surface area contributed by atoms with E-state index in [2.05, 4.69) is 17.1 Å². The van der Waals surface area contributed by atoms with Crippen molar-refractivity contribution in [3.05, 3.63) is 40.3 Å². The van der Waals surface area contributed by atoms with Gasteiger partial charge in [-0.15, -0.1) is 28.3 Å². The first-order valence-electron chi connectivity index (χ1n) is 6.53. The number of carboxylic acid groups (broad SMARTS) is 1. The van der Waals surface area contributed by atoms with Crippen molar-refractivity contribution >= 4 is 41.1 Å². The van der Waals surface area contributed by atoms with Crippen molar-refractivity contribution in [1.29, 1.82) is 0 Å². The van der Waals surface area contributed by atoms with Gasteiger partial charge in [-0.05, 0) is 10.7 Å². The number of carbonyl (C=O) groups excluding carboxylic acids is 2. The summed E-state index contributed by atoms with van der Waals surface area (Å²) in [5.74, 6) is -3.89. The van der Waals surface area contributed by atoms with Crippen LogP contribution in [0, 0.1) is 4.91 Å². The molecule has 1 fully saturated rings. The molecule has 2 heterocycles. The maximum absolute atomic E-state index is 12.2. The SMILES string of the molecule is C=CC1=C(C(=O)O)N2C(=O)C(NC(=O)C(N=O)=C(O)CCl)[C@H]2SC1. The number of hydrogen-bond acceptors (Lipinski definition) is 7. The number of β-lactam (4-membered cyclic amide) rings is 1. The van der Waals surface area contributed by atoms with Crippen LogP contribution in [0.4, 0.5) is 0 Å². The van der Waals surface area contributed by atoms with Crippen LogP contribution >= 0.6 is 23.4 Å². The van der Waals surface area contributed by atoms with Crippen LogP contribution in [0.1, 0.15) is 0 Å². The van der Waals surface area contributed by atoms with E-state index < -0.39 is 46.5 Å². The molecule has 2 amide bonds. The zero-order valence-corrected chi connectivity index (χ0v) is 13.6. The van der Waals surface area contributed by atoms with E-state index in [-0.39, 0.29) is 5.70 Å². The first-order valence-corrected chi connectivity index (χ1v) is 8.11. The minimum absolute atomic E-state index is 0.183. The Morgan fingerprint density at radius 1 is 1.50 bits per heavy atom. The van der Waals surface area contributed by atoms with E-state index in [4.69, 9.17) is 11.6 Å². The average molecular weight is 374 g/mol. The van der Waals surface area contributed by atoms with E-state index in [1.54, 1.807) is 0 Å². The van der Waals surface area contributed by atoms with Gasteiger partial charge in [0, 0.05) is 5.75 Å². The van der Waals surface area contributed by atoms with Crippen molar-refractivity contribution in [2.45, 2.75) is 11.4 Å². The summed E-state index contributed by atoms with van der Waals surface area (Å²) < 4.78 is 0. The molecule has 0 radical (unpaired) electrons. The first-order chi connectivity index (χ1) is 11.4. The summed E-state index contributed by atoms with van der Waals surface area (Å²) in [7, 11) is 0. The predicted octanol–water partition coefficient (Wildman–Crippen LogP) is 0.686. The van der Waals surface area contributed by atoms with E-state index >= 15 is 0 Å². The third kappa shape index (κ3) is 2.89. The van der Waals surface area contributed by atoms with Crippen LogP contribution in [0.3, 0.4) is 0 Å². The van der Waals surface area contributed by atoms with Gasteiger partial charge in [0.25, 0.3) is 11.8 Å². The fourth-order valence-corrected chi connectivity index (χ4v) is 3.76. The second-order valence-corrected chi connectivity index (χ2v) is 6.14. The van der Waals surface area contributed by atoms with Gasteiger partial charge in [-0.2, -0.15) is 0 Å². The highest BCUT2D eigenvalue weighted by atomic mass is 35.5. The van der Waals surface area contributed by atoms with Gasteiger partial charge in [0.15, 0.2) is 0 Å². The summed E-state index contributed by atoms with van der Waals surface area (Å²) in [5, 5.41) is 22.7. The molecule has 0 aromatic carbocycles. The number of nitrogens with one attached hydrogen (secondary N) is 1. The minimum Gasteiger partial charge on any atom is -0.508 e. The Hall–Kier alpha value is -2.33. The number of nitroso groups, excluding NO2 is 1. The van der Waals surface area contributed by atoms with Gasteiger partial charge in [-0.3, -0.25) is 14.5 Å². The number of carbonyl (C=O) groups is 3. The molecule has 2 aliphatic rings. The molecule has 2 atom stereocenters. The average Bonchev–Trinajstić information content (AvgIpc) is 2.58. The predicted molar refractivity (Wildman–Crippen MR) is 86.1 cm³/mol. The quantitative estimate of drug-likeness (QED) is 0.205. The third-order valence-electron chi connectivity index (χ3n) is 3.44. The third-order valence-corrected chi connectivity index (χ3v) is 4.99. The molecule has 2 rings (SSSR count). The molecular formula is C13H12ClN3O6S. The number of rotatable bonds is 6. The Morgan fingerprint density at radius 2 is 2.17 bits per heavy atom. The molecule has 3 N–H and O–H groups in total. The number of aliphatic hydroxyl groups is 1. The first kappa shape index (κ1) is 18.0. The van der Waals surface area contributed by atoms with Gasteiger partial charge in [0.05, 0.1) is 5.88 Å². The lowest BCUT2D eigenvalue weighted by Gasteiger charge is -2.49. The van der Waals surface area contributed by atoms with Crippen LogP contribution in [0.5, 0.6) is 0 Å². The largest absolute Gasteiger partial charge is 0.508 e. The molecule has 0 aromatic rings. The molecular weight excluding hydrogens is 362 g/mol. The Balaban J connectivity index is 2.21. The van der Waals surface area contributed by atoms with Crippen molar-refractivity contribution in [3.8, 4) is 0 Å². The minimum atomic E-state index is -1.27. The number of hydrogen-bond donors (Lipinski definition) is 3. The highest BCUT2D eigenvalue weighted by Crippen LogP contribution is 2.40. The number of fused-ring (bicyclic) bond motifs is 1. The number of thioether (sulfide) groups is 1. The molecule has 128 valence electrons. The van der Waals surface area contributed by atoms with Gasteiger partial charge < -0.3 is 15.5 Å². The van der Waals surface area contributed by atoms with Crippen LogP contribution in [-0.4, -0.2) is 55.9 Å². The topological polar surface area (TPSA) is 136 Å². The monoisotopic (exact) mass is 373 g/mol. The second-order valence-electron chi connectivity index (χ2n) is 4.76. The number of halogens is 1. The molecule has 1 unspecified atom stereocenters. The summed E-state index contributed by atoms with van der Waals surface area (Å²) >= 11 is 6.57. The van der Waals surface area contributed by atoms with Crippen LogP contribution in [0.2, 0.25) is 0 Å². The maximum Gasteiger partial charge on any atom is 0.352 e. The summed E-state index contributed by atoms with van der Waals surface area (Å²) in [6.07, 6.45) is 1.36. The molecule has 0 aromatic heterocycles. The number of alkyl halides is 1. The number of carboxylic acids is 1. The van der Waals surface area contributed by atoms with Crippen LogP contribution < -0.4 is 5.32 Å². The highest BCUT2D eigenvalue weighted by molar-refractivity contribution is 8.00. The van der Waals surface area contributed by atoms with Crippen molar-refractivity contribution < 1.29 is 24.6 Å². The van der Waals surface area contributed by atoms with Gasteiger partial charge in [0.1, 0.15) is 22.9 Å². The number of aliphatic hydroxyl groups excluding tert-OH is 1. The zero-order valence-electron chi connectivity index (χ0n) is 12.1. The molecule has 9 nitrogen and oxygen atoms in total. The highest BCUT2D eigenvalue weighted by Gasteiger charge is 2.54. The second kappa shape index (κ2) is 7.05. The Kier molecular flexibility index (Phi) is 5.30. The molecule has 11 heteroatoms. The number of allylic oxidation sites excluding steroid dienone is 2. The van der Waals surface area contributed by atoms with E-state index in [0.29, 0.717) is 11.3 Å². The lowest BCUT2D eigenvalue weighted by atomic mass is 10.0. The Labute approximate surface area is 145 Å². The summed E-state index contributed by atoms with van der Waals surface area (Å²) in [5.41, 5.74) is -0.605. The number of nitrogens with zero attached hydrogens (tertiary/aromatic N) is 2. The standard InChI is InChI=1S/C13H12ClN3O6S/c1-2-5-4-24-12-8(11(20)17(12)9(5)13(21)22)15-10(19)7(16-23)6(18)3-14/h2,8,12,18H,1,3-4H2,(H,15,19)(H,21,22)/t8?,12-/m1/s1. The van der Waals surface area contributed by atoms with E-state index in [0.717, 1.165) is 4.90 Å². The van der Waals surface area contributed by atoms with Crippen LogP contribution in [-0.2, 0) is 14.4 Å². The van der Waals surface area contributed by atoms with Crippen LogP contribution in [0.15, 0.2) is 40.6 Å². The van der Waals surface area contributed by atoms with Crippen molar-refractivity contribution in [3.63, 3.8) is 0 Å². The molecule has 0 aliphatic carbocycles. The summed E-state index contributed by atoms with van der Waals surface area (Å²) in [6, 6.07) is -1.04. The molecule has 0 spiro atoms. The van der Waals surface area contributed by atoms with Crippen molar-refractivity contribution in [2.24, 2.45) is 5.18 Å². The Bertz CT molecular complexity index is 704.